The van der Waals surface area contributed by atoms with Crippen LogP contribution in [0.4, 0.5) is 0 Å². The number of hydrogen-bond acceptors (Lipinski definition) is 15. The van der Waals surface area contributed by atoms with Crippen molar-refractivity contribution in [3.05, 3.63) is 35.9 Å². The lowest BCUT2D eigenvalue weighted by atomic mass is 10.0. The lowest BCUT2D eigenvalue weighted by molar-refractivity contribution is -0.146. The number of nitrogens with two attached hydrogens (primary N) is 1. The molecule has 14 N–H and O–H groups in total. The van der Waals surface area contributed by atoms with Gasteiger partial charge < -0.3 is 73.6 Å². The Morgan fingerprint density at radius 1 is 0.627 bits per heavy atom. The van der Waals surface area contributed by atoms with E-state index in [-0.39, 0.29) is 42.7 Å². The molecule has 0 spiro atoms. The summed E-state index contributed by atoms with van der Waals surface area (Å²) >= 11 is 1.06. The van der Waals surface area contributed by atoms with Crippen molar-refractivity contribution < 1.29 is 82.8 Å². The van der Waals surface area contributed by atoms with Crippen LogP contribution in [0.5, 0.6) is 0 Å². The van der Waals surface area contributed by atoms with Crippen LogP contribution in [-0.2, 0) is 68.7 Å². The highest BCUT2D eigenvalue weighted by Gasteiger charge is 2.41. The van der Waals surface area contributed by atoms with Crippen molar-refractivity contribution in [3.63, 3.8) is 0 Å². The van der Waals surface area contributed by atoms with Crippen molar-refractivity contribution >= 4 is 88.7 Å². The standard InChI is InChI=1S/C47H70N10O17S/c1-23(2)16-30(40(48)67)53-44(71)32(18-27-10-8-7-9-11-27)54-41(68)28(12-14-36(61)62)51-35(60)20-49-46(73)39(25(5)58)56-42(69)29(13-15-37(63)64)52-45(72)34-21-75-22-57(34)47(74)33(19-38(65)66)55-43(70)31(17-24(3)4)50-26(6)59/h7-11,23-25,28-34,39,58H,12-22H2,1-6H3,(H2,48,67)(H,49,73)(H,50,59)(H,51,60)(H,52,72)(H,53,71)(H,54,68)(H,55,70)(H,56,69)(H,61,62)(H,63,64)(H,65,66)/t25-,28+,29+,30+,31+,32+,33+,34+,39+/m1/s1. The van der Waals surface area contributed by atoms with Crippen LogP contribution in [0.3, 0.4) is 0 Å². The number of aliphatic carboxylic acids is 3. The minimum atomic E-state index is -1.88. The average Bonchev–Trinajstić information content (AvgIpc) is 3.81. The number of carbonyl (C=O) groups excluding carboxylic acids is 10. The number of rotatable bonds is 32. The first-order valence-electron chi connectivity index (χ1n) is 24.0. The Morgan fingerprint density at radius 2 is 1.13 bits per heavy atom. The highest BCUT2D eigenvalue weighted by atomic mass is 32.2. The Kier molecular flexibility index (Phi) is 26.7. The molecule has 0 radical (unpaired) electrons. The lowest BCUT2D eigenvalue weighted by Gasteiger charge is -2.30. The number of hydrogen-bond donors (Lipinski definition) is 13. The predicted octanol–water partition coefficient (Wildman–Crippen LogP) is -3.18. The first-order chi connectivity index (χ1) is 35.1. The molecule has 0 saturated carbocycles. The second-order valence-corrected chi connectivity index (χ2v) is 19.7. The van der Waals surface area contributed by atoms with Crippen molar-refractivity contribution in [1.29, 1.82) is 0 Å². The summed E-state index contributed by atoms with van der Waals surface area (Å²) in [6.07, 6.45) is -4.89. The van der Waals surface area contributed by atoms with E-state index < -0.39 is 170 Å². The van der Waals surface area contributed by atoms with E-state index in [1.54, 1.807) is 58.0 Å². The third-order valence-corrected chi connectivity index (χ3v) is 12.2. The van der Waals surface area contributed by atoms with Crippen molar-refractivity contribution in [2.75, 3.05) is 18.2 Å². The maximum absolute atomic E-state index is 13.8. The van der Waals surface area contributed by atoms with Crippen molar-refractivity contribution in [2.45, 2.75) is 147 Å². The maximum Gasteiger partial charge on any atom is 0.305 e. The van der Waals surface area contributed by atoms with Gasteiger partial charge in [0, 0.05) is 31.9 Å². The zero-order valence-electron chi connectivity index (χ0n) is 42.5. The Hall–Kier alpha value is -7.36. The fourth-order valence-corrected chi connectivity index (χ4v) is 8.68. The van der Waals surface area contributed by atoms with Gasteiger partial charge in [0.05, 0.1) is 24.9 Å². The summed E-state index contributed by atoms with van der Waals surface area (Å²) in [6.45, 7) is 8.43. The largest absolute Gasteiger partial charge is 0.481 e. The van der Waals surface area contributed by atoms with Crippen LogP contribution in [0, 0.1) is 11.8 Å². The molecule has 1 saturated heterocycles. The van der Waals surface area contributed by atoms with E-state index >= 15 is 0 Å². The van der Waals surface area contributed by atoms with E-state index in [0.29, 0.717) is 5.56 Å². The first kappa shape index (κ1) is 63.8. The molecule has 1 fully saturated rings. The number of carboxylic acid groups (broad SMARTS) is 3. The van der Waals surface area contributed by atoms with Gasteiger partial charge in [-0.2, -0.15) is 0 Å². The monoisotopic (exact) mass is 1080 g/mol. The average molecular weight is 1080 g/mol. The van der Waals surface area contributed by atoms with Gasteiger partial charge in [-0.15, -0.1) is 11.8 Å². The molecule has 0 aromatic heterocycles. The highest BCUT2D eigenvalue weighted by molar-refractivity contribution is 7.99. The Balaban J connectivity index is 2.27. The molecule has 0 bridgehead atoms. The van der Waals surface area contributed by atoms with E-state index in [9.17, 15) is 82.8 Å². The van der Waals surface area contributed by atoms with Gasteiger partial charge in [-0.05, 0) is 50.0 Å². The Morgan fingerprint density at radius 3 is 1.65 bits per heavy atom. The Labute approximate surface area is 436 Å². The topological polar surface area (TPSA) is 428 Å². The van der Waals surface area contributed by atoms with Crippen LogP contribution in [0.25, 0.3) is 0 Å². The second kappa shape index (κ2) is 31.4. The van der Waals surface area contributed by atoms with E-state index in [0.717, 1.165) is 23.6 Å². The molecule has 0 aliphatic carbocycles. The molecule has 416 valence electrons. The number of benzene rings is 1. The molecule has 1 heterocycles. The number of amides is 10. The van der Waals surface area contributed by atoms with Crippen LogP contribution in [0.1, 0.15) is 92.1 Å². The predicted molar refractivity (Wildman–Crippen MR) is 266 cm³/mol. The van der Waals surface area contributed by atoms with E-state index in [1.165, 1.54) is 6.92 Å². The lowest BCUT2D eigenvalue weighted by Crippen LogP contribution is -2.61. The number of aliphatic hydroxyl groups is 1. The summed E-state index contributed by atoms with van der Waals surface area (Å²) in [5.41, 5.74) is 6.10. The fourth-order valence-electron chi connectivity index (χ4n) is 7.52. The van der Waals surface area contributed by atoms with Gasteiger partial charge in [0.25, 0.3) is 0 Å². The van der Waals surface area contributed by atoms with Crippen molar-refractivity contribution in [3.8, 4) is 0 Å². The van der Waals surface area contributed by atoms with Crippen molar-refractivity contribution in [1.82, 2.24) is 47.4 Å². The molecule has 9 atom stereocenters. The van der Waals surface area contributed by atoms with Gasteiger partial charge in [-0.3, -0.25) is 62.3 Å². The fraction of sp³-hybridized carbons (Fsp3) is 0.596. The number of carboxylic acids is 3. The highest BCUT2D eigenvalue weighted by Crippen LogP contribution is 2.23. The zero-order chi connectivity index (χ0) is 56.7. The Bertz CT molecular complexity index is 2230. The van der Waals surface area contributed by atoms with E-state index in [4.69, 9.17) is 5.73 Å². The van der Waals surface area contributed by atoms with Gasteiger partial charge in [0.15, 0.2) is 0 Å². The van der Waals surface area contributed by atoms with Crippen molar-refractivity contribution in [2.24, 2.45) is 17.6 Å². The normalized spacial score (nSPS) is 16.3. The molecule has 1 aliphatic heterocycles. The molecule has 1 aliphatic rings. The molecule has 0 unspecified atom stereocenters. The summed E-state index contributed by atoms with van der Waals surface area (Å²) < 4.78 is 0. The minimum absolute atomic E-state index is 0.0683. The number of aliphatic hydroxyl groups excluding tert-OH is 1. The van der Waals surface area contributed by atoms with Gasteiger partial charge in [0.1, 0.15) is 48.3 Å². The van der Waals surface area contributed by atoms with Crippen LogP contribution >= 0.6 is 11.8 Å². The third kappa shape index (κ3) is 23.2. The maximum atomic E-state index is 13.8. The number of nitrogens with one attached hydrogen (secondary N) is 8. The molecule has 10 amide bonds. The summed E-state index contributed by atoms with van der Waals surface area (Å²) in [7, 11) is 0. The minimum Gasteiger partial charge on any atom is -0.481 e. The second-order valence-electron chi connectivity index (χ2n) is 18.7. The third-order valence-electron chi connectivity index (χ3n) is 11.2. The molecule has 2 rings (SSSR count). The van der Waals surface area contributed by atoms with Crippen LogP contribution in [0.15, 0.2) is 30.3 Å². The molecule has 27 nitrogen and oxygen atoms in total. The van der Waals surface area contributed by atoms with Gasteiger partial charge in [0.2, 0.25) is 59.1 Å². The van der Waals surface area contributed by atoms with Gasteiger partial charge in [-0.25, -0.2) is 0 Å². The van der Waals surface area contributed by atoms with Gasteiger partial charge >= 0.3 is 17.9 Å². The van der Waals surface area contributed by atoms with Gasteiger partial charge in [-0.1, -0.05) is 58.0 Å². The summed E-state index contributed by atoms with van der Waals surface area (Å²) in [4.78, 5) is 169. The smallest absolute Gasteiger partial charge is 0.305 e. The summed E-state index contributed by atoms with van der Waals surface area (Å²) in [5, 5.41) is 57.9. The zero-order valence-corrected chi connectivity index (χ0v) is 43.4. The van der Waals surface area contributed by atoms with E-state index in [1.807, 2.05) is 0 Å². The number of primary amides is 1. The molecule has 28 heteroatoms. The van der Waals surface area contributed by atoms with Crippen LogP contribution < -0.4 is 48.3 Å². The molecule has 1 aromatic rings. The summed E-state index contributed by atoms with van der Waals surface area (Å²) in [5.74, 6) is -14.3. The molecule has 1 aromatic carbocycles. The molecular weight excluding hydrogens is 1010 g/mol. The SMILES string of the molecule is CC(=O)N[C@@H](CC(C)C)C(=O)N[C@@H](CC(=O)O)C(=O)N1CSC[C@H]1C(=O)N[C@@H](CCC(=O)O)C(=O)N[C@H](C(=O)NCC(=O)N[C@@H](CCC(=O)O)C(=O)N[C@@H](Cc1ccccc1)C(=O)N[C@@H](CC(C)C)C(N)=O)[C@@H](C)O. The quantitative estimate of drug-likeness (QED) is 0.0338. The summed E-state index contributed by atoms with van der Waals surface area (Å²) in [6, 6.07) is -3.56. The van der Waals surface area contributed by atoms with Crippen LogP contribution in [0.2, 0.25) is 0 Å². The number of carbonyl (C=O) groups is 13. The number of nitrogens with zero attached hydrogens (tertiary/aromatic N) is 1. The molecule has 75 heavy (non-hydrogen) atoms. The first-order valence-corrected chi connectivity index (χ1v) is 25.2. The van der Waals surface area contributed by atoms with E-state index in [2.05, 4.69) is 42.5 Å². The van der Waals surface area contributed by atoms with Crippen LogP contribution in [-0.4, -0.2) is 175 Å². The number of thioether (sulfide) groups is 1. The molecular formula is C47H70N10O17S.